The predicted molar refractivity (Wildman–Crippen MR) is 108 cm³/mol. The van der Waals surface area contributed by atoms with E-state index in [-0.39, 0.29) is 18.0 Å². The van der Waals surface area contributed by atoms with Crippen LogP contribution in [0.15, 0.2) is 36.7 Å². The maximum Gasteiger partial charge on any atom is 0.273 e. The first-order valence-electron chi connectivity index (χ1n) is 9.74. The van der Waals surface area contributed by atoms with E-state index >= 15 is 0 Å². The third-order valence-electron chi connectivity index (χ3n) is 5.76. The smallest absolute Gasteiger partial charge is 0.273 e. The molecule has 0 fully saturated rings. The van der Waals surface area contributed by atoms with Gasteiger partial charge >= 0.3 is 0 Å². The van der Waals surface area contributed by atoms with Gasteiger partial charge in [0.05, 0.1) is 23.4 Å². The van der Waals surface area contributed by atoms with Crippen molar-refractivity contribution in [2.45, 2.75) is 13.0 Å². The van der Waals surface area contributed by atoms with Gasteiger partial charge in [-0.25, -0.2) is 13.2 Å². The summed E-state index contributed by atoms with van der Waals surface area (Å²) in [6, 6.07) is 5.65. The number of hydrogen-bond donors (Lipinski definition) is 0. The molecule has 0 spiro atoms. The molecule has 5 rings (SSSR count). The van der Waals surface area contributed by atoms with E-state index in [1.807, 2.05) is 29.9 Å². The van der Waals surface area contributed by atoms with E-state index in [1.165, 1.54) is 4.68 Å². The van der Waals surface area contributed by atoms with Gasteiger partial charge in [0, 0.05) is 49.5 Å². The van der Waals surface area contributed by atoms with E-state index < -0.39 is 17.5 Å². The summed E-state index contributed by atoms with van der Waals surface area (Å²) in [4.78, 5) is 19.2. The van der Waals surface area contributed by atoms with Gasteiger partial charge in [0.15, 0.2) is 17.5 Å². The maximum absolute atomic E-state index is 13.8. The summed E-state index contributed by atoms with van der Waals surface area (Å²) in [6.45, 7) is 0.653. The standard InChI is InChI=1S/C22H18F3N5O/c1-28-7-4-14-18(28)3-6-26-20(14)22(31)30-8-5-13-17(11-30)27-29(2)21(13)12-9-15(23)19(25)16(24)10-12/h3-4,6-7,9-10H,5,8,11H2,1-2H3. The maximum atomic E-state index is 13.8. The van der Waals surface area contributed by atoms with Gasteiger partial charge in [-0.3, -0.25) is 14.5 Å². The largest absolute Gasteiger partial charge is 0.350 e. The first-order valence-corrected chi connectivity index (χ1v) is 9.74. The molecule has 0 atom stereocenters. The van der Waals surface area contributed by atoms with Crippen LogP contribution in [0.4, 0.5) is 13.2 Å². The Labute approximate surface area is 175 Å². The first kappa shape index (κ1) is 19.3. The number of carbonyl (C=O) groups excluding carboxylic acids is 1. The molecule has 6 nitrogen and oxygen atoms in total. The summed E-state index contributed by atoms with van der Waals surface area (Å²) in [6.07, 6.45) is 3.94. The molecule has 4 heterocycles. The van der Waals surface area contributed by atoms with Crippen LogP contribution in [-0.4, -0.2) is 36.7 Å². The zero-order valence-electron chi connectivity index (χ0n) is 16.9. The van der Waals surface area contributed by atoms with Crippen LogP contribution in [0.1, 0.15) is 21.7 Å². The van der Waals surface area contributed by atoms with Gasteiger partial charge in [0.25, 0.3) is 5.91 Å². The Balaban J connectivity index is 1.49. The first-order chi connectivity index (χ1) is 14.8. The third-order valence-corrected chi connectivity index (χ3v) is 5.76. The summed E-state index contributed by atoms with van der Waals surface area (Å²) in [7, 11) is 3.56. The molecule has 1 aliphatic heterocycles. The minimum atomic E-state index is -1.50. The van der Waals surface area contributed by atoms with Crippen LogP contribution >= 0.6 is 0 Å². The SMILES string of the molecule is Cn1nc2c(c1-c1cc(F)c(F)c(F)c1)CCN(C(=O)c1nccc3c1ccn3C)C2. The summed E-state index contributed by atoms with van der Waals surface area (Å²) in [5, 5.41) is 5.24. The monoisotopic (exact) mass is 425 g/mol. The van der Waals surface area contributed by atoms with Crippen molar-refractivity contribution in [2.24, 2.45) is 14.1 Å². The number of benzene rings is 1. The molecule has 0 aliphatic carbocycles. The van der Waals surface area contributed by atoms with Gasteiger partial charge in [-0.15, -0.1) is 0 Å². The van der Waals surface area contributed by atoms with Crippen molar-refractivity contribution in [3.63, 3.8) is 0 Å². The molecule has 158 valence electrons. The number of fused-ring (bicyclic) bond motifs is 2. The molecule has 4 aromatic rings. The van der Waals surface area contributed by atoms with Crippen molar-refractivity contribution in [3.8, 4) is 11.3 Å². The fourth-order valence-electron chi connectivity index (χ4n) is 4.27. The lowest BCUT2D eigenvalue weighted by Crippen LogP contribution is -2.36. The summed E-state index contributed by atoms with van der Waals surface area (Å²) in [5.74, 6) is -4.20. The molecule has 9 heteroatoms. The van der Waals surface area contributed by atoms with Crippen molar-refractivity contribution in [3.05, 3.63) is 71.1 Å². The fraction of sp³-hybridized carbons (Fsp3) is 0.227. The quantitative estimate of drug-likeness (QED) is 0.462. The van der Waals surface area contributed by atoms with Crippen molar-refractivity contribution in [1.29, 1.82) is 0 Å². The molecule has 31 heavy (non-hydrogen) atoms. The fourth-order valence-corrected chi connectivity index (χ4v) is 4.27. The Hall–Kier alpha value is -3.62. The highest BCUT2D eigenvalue weighted by Crippen LogP contribution is 2.32. The molecule has 0 saturated carbocycles. The molecule has 0 bridgehead atoms. The number of amides is 1. The van der Waals surface area contributed by atoms with Crippen LogP contribution in [0.2, 0.25) is 0 Å². The normalized spacial score (nSPS) is 13.6. The van der Waals surface area contributed by atoms with E-state index in [2.05, 4.69) is 10.1 Å². The van der Waals surface area contributed by atoms with E-state index in [0.717, 1.165) is 28.6 Å². The number of pyridine rings is 1. The lowest BCUT2D eigenvalue weighted by Gasteiger charge is -2.26. The van der Waals surface area contributed by atoms with Crippen molar-refractivity contribution in [1.82, 2.24) is 24.2 Å². The topological polar surface area (TPSA) is 56.0 Å². The number of nitrogens with zero attached hydrogens (tertiary/aromatic N) is 5. The second-order valence-corrected chi connectivity index (χ2v) is 7.65. The molecule has 1 amide bonds. The second-order valence-electron chi connectivity index (χ2n) is 7.65. The van der Waals surface area contributed by atoms with E-state index in [1.54, 1.807) is 18.1 Å². The van der Waals surface area contributed by atoms with Gasteiger partial charge in [-0.2, -0.15) is 5.10 Å². The van der Waals surface area contributed by atoms with Gasteiger partial charge in [-0.1, -0.05) is 0 Å². The number of aryl methyl sites for hydroxylation is 2. The summed E-state index contributed by atoms with van der Waals surface area (Å²) < 4.78 is 44.4. The molecule has 3 aromatic heterocycles. The number of halogens is 3. The van der Waals surface area contributed by atoms with Crippen molar-refractivity contribution < 1.29 is 18.0 Å². The zero-order chi connectivity index (χ0) is 21.9. The van der Waals surface area contributed by atoms with Crippen molar-refractivity contribution in [2.75, 3.05) is 6.54 Å². The van der Waals surface area contributed by atoms with E-state index in [4.69, 9.17) is 0 Å². The molecule has 0 unspecified atom stereocenters. The van der Waals surface area contributed by atoms with Crippen LogP contribution in [-0.2, 0) is 27.1 Å². The molecular weight excluding hydrogens is 407 g/mol. The van der Waals surface area contributed by atoms with Crippen LogP contribution < -0.4 is 0 Å². The Bertz CT molecular complexity index is 1330. The van der Waals surface area contributed by atoms with Gasteiger partial charge in [-0.05, 0) is 30.7 Å². The highest BCUT2D eigenvalue weighted by atomic mass is 19.2. The van der Waals surface area contributed by atoms with Crippen LogP contribution in [0.25, 0.3) is 22.2 Å². The average molecular weight is 425 g/mol. The van der Waals surface area contributed by atoms with Crippen LogP contribution in [0, 0.1) is 17.5 Å². The number of carbonyl (C=O) groups is 1. The Morgan fingerprint density at radius 2 is 1.84 bits per heavy atom. The minimum Gasteiger partial charge on any atom is -0.350 e. The summed E-state index contributed by atoms with van der Waals surface area (Å²) in [5.41, 5.74) is 3.45. The third kappa shape index (κ3) is 2.99. The zero-order valence-corrected chi connectivity index (χ0v) is 16.9. The number of hydrogen-bond acceptors (Lipinski definition) is 3. The van der Waals surface area contributed by atoms with Crippen LogP contribution in [0.5, 0.6) is 0 Å². The predicted octanol–water partition coefficient (Wildman–Crippen LogP) is 3.59. The molecule has 0 saturated heterocycles. The molecule has 1 aliphatic rings. The Morgan fingerprint density at radius 1 is 1.10 bits per heavy atom. The van der Waals surface area contributed by atoms with Crippen molar-refractivity contribution >= 4 is 16.8 Å². The lowest BCUT2D eigenvalue weighted by molar-refractivity contribution is 0.0728. The number of aromatic nitrogens is 4. The van der Waals surface area contributed by atoms with Gasteiger partial charge < -0.3 is 9.47 Å². The molecule has 0 N–H and O–H groups in total. The van der Waals surface area contributed by atoms with E-state index in [9.17, 15) is 18.0 Å². The highest BCUT2D eigenvalue weighted by molar-refractivity contribution is 6.04. The molecule has 0 radical (unpaired) electrons. The molecule has 1 aromatic carbocycles. The highest BCUT2D eigenvalue weighted by Gasteiger charge is 2.29. The Morgan fingerprint density at radius 3 is 2.58 bits per heavy atom. The lowest BCUT2D eigenvalue weighted by atomic mass is 9.99. The molecular formula is C22H18F3N5O. The second kappa shape index (κ2) is 6.97. The van der Waals surface area contributed by atoms with E-state index in [0.29, 0.717) is 30.0 Å². The van der Waals surface area contributed by atoms with Crippen LogP contribution in [0.3, 0.4) is 0 Å². The Kier molecular flexibility index (Phi) is 4.35. The summed E-state index contributed by atoms with van der Waals surface area (Å²) >= 11 is 0. The number of rotatable bonds is 2. The minimum absolute atomic E-state index is 0.200. The average Bonchev–Trinajstić information content (AvgIpc) is 3.29. The van der Waals surface area contributed by atoms with Gasteiger partial charge in [0.1, 0.15) is 5.69 Å². The van der Waals surface area contributed by atoms with Gasteiger partial charge in [0.2, 0.25) is 0 Å².